The molecule has 112 valence electrons. The number of aromatic hydroxyl groups is 1. The number of hydrogen-bond acceptors (Lipinski definition) is 5. The van der Waals surface area contributed by atoms with Gasteiger partial charge in [0, 0.05) is 0 Å². The lowest BCUT2D eigenvalue weighted by Gasteiger charge is -2.12. The minimum atomic E-state index is -0.0121. The van der Waals surface area contributed by atoms with Crippen molar-refractivity contribution in [1.29, 1.82) is 0 Å². The highest BCUT2D eigenvalue weighted by Gasteiger charge is 2.11. The molecular formula is C17H17N3O2. The van der Waals surface area contributed by atoms with E-state index in [0.717, 1.165) is 22.0 Å². The van der Waals surface area contributed by atoms with Crippen LogP contribution in [-0.2, 0) is 0 Å². The quantitative estimate of drug-likeness (QED) is 0.774. The number of phenolic OH excluding ortho intramolecular Hbond substituents is 1. The SMILES string of the molecule is CC(C)Oc1nc(N)nc2ccc(-c3cccc(O)c3)cc12. The van der Waals surface area contributed by atoms with Crippen LogP contribution in [0.1, 0.15) is 13.8 Å². The van der Waals surface area contributed by atoms with Gasteiger partial charge in [-0.1, -0.05) is 18.2 Å². The normalized spacial score (nSPS) is 11.0. The summed E-state index contributed by atoms with van der Waals surface area (Å²) in [5.74, 6) is 0.887. The van der Waals surface area contributed by atoms with Crippen LogP contribution in [0.4, 0.5) is 5.95 Å². The Labute approximate surface area is 128 Å². The van der Waals surface area contributed by atoms with E-state index in [9.17, 15) is 5.11 Å². The van der Waals surface area contributed by atoms with Crippen LogP contribution >= 0.6 is 0 Å². The molecule has 0 atom stereocenters. The molecule has 0 saturated heterocycles. The third-order valence-corrected chi connectivity index (χ3v) is 3.20. The number of anilines is 1. The molecule has 0 fully saturated rings. The lowest BCUT2D eigenvalue weighted by atomic mass is 10.0. The molecule has 0 aliphatic rings. The van der Waals surface area contributed by atoms with Gasteiger partial charge in [0.1, 0.15) is 5.75 Å². The predicted octanol–water partition coefficient (Wildman–Crippen LogP) is 3.37. The summed E-state index contributed by atoms with van der Waals surface area (Å²) in [4.78, 5) is 8.42. The molecule has 3 rings (SSSR count). The molecule has 0 radical (unpaired) electrons. The third kappa shape index (κ3) is 2.79. The fraction of sp³-hybridized carbons (Fsp3) is 0.176. The monoisotopic (exact) mass is 295 g/mol. The maximum atomic E-state index is 9.63. The smallest absolute Gasteiger partial charge is 0.226 e. The number of hydrogen-bond donors (Lipinski definition) is 2. The van der Waals surface area contributed by atoms with Crippen molar-refractivity contribution in [2.75, 3.05) is 5.73 Å². The van der Waals surface area contributed by atoms with Crippen molar-refractivity contribution < 1.29 is 9.84 Å². The van der Waals surface area contributed by atoms with E-state index >= 15 is 0 Å². The van der Waals surface area contributed by atoms with Crippen molar-refractivity contribution in [3.8, 4) is 22.8 Å². The molecule has 0 aliphatic heterocycles. The molecular weight excluding hydrogens is 278 g/mol. The number of nitrogens with two attached hydrogens (primary N) is 1. The minimum Gasteiger partial charge on any atom is -0.508 e. The van der Waals surface area contributed by atoms with E-state index in [2.05, 4.69) is 9.97 Å². The average molecular weight is 295 g/mol. The molecule has 0 bridgehead atoms. The van der Waals surface area contributed by atoms with Gasteiger partial charge < -0.3 is 15.6 Å². The number of nitrogens with zero attached hydrogens (tertiary/aromatic N) is 2. The Bertz CT molecular complexity index is 831. The van der Waals surface area contributed by atoms with E-state index in [1.165, 1.54) is 0 Å². The van der Waals surface area contributed by atoms with Gasteiger partial charge in [0.15, 0.2) is 0 Å². The van der Waals surface area contributed by atoms with Crippen LogP contribution in [0.5, 0.6) is 11.6 Å². The summed E-state index contributed by atoms with van der Waals surface area (Å²) in [6.07, 6.45) is -0.0121. The van der Waals surface area contributed by atoms with E-state index in [4.69, 9.17) is 10.5 Å². The summed E-state index contributed by atoms with van der Waals surface area (Å²) in [5.41, 5.74) is 8.32. The number of rotatable bonds is 3. The fourth-order valence-corrected chi connectivity index (χ4v) is 2.30. The Kier molecular flexibility index (Phi) is 3.55. The molecule has 0 amide bonds. The number of fused-ring (bicyclic) bond motifs is 1. The molecule has 0 saturated carbocycles. The fourth-order valence-electron chi connectivity index (χ4n) is 2.30. The lowest BCUT2D eigenvalue weighted by molar-refractivity contribution is 0.236. The van der Waals surface area contributed by atoms with Crippen molar-refractivity contribution in [3.05, 3.63) is 42.5 Å². The van der Waals surface area contributed by atoms with Gasteiger partial charge in [-0.3, -0.25) is 0 Å². The van der Waals surface area contributed by atoms with Crippen molar-refractivity contribution in [1.82, 2.24) is 9.97 Å². The summed E-state index contributed by atoms with van der Waals surface area (Å²) in [6.45, 7) is 3.87. The Balaban J connectivity index is 2.17. The van der Waals surface area contributed by atoms with Gasteiger partial charge in [0.2, 0.25) is 11.8 Å². The largest absolute Gasteiger partial charge is 0.508 e. The molecule has 2 aromatic carbocycles. The molecule has 1 aromatic heterocycles. The number of aromatic nitrogens is 2. The van der Waals surface area contributed by atoms with E-state index in [0.29, 0.717) is 5.88 Å². The molecule has 1 heterocycles. The van der Waals surface area contributed by atoms with E-state index < -0.39 is 0 Å². The third-order valence-electron chi connectivity index (χ3n) is 3.20. The first-order valence-corrected chi connectivity index (χ1v) is 7.06. The topological polar surface area (TPSA) is 81.3 Å². The molecule has 22 heavy (non-hydrogen) atoms. The summed E-state index contributed by atoms with van der Waals surface area (Å²) in [5, 5.41) is 10.4. The maximum absolute atomic E-state index is 9.63. The van der Waals surface area contributed by atoms with E-state index in [1.54, 1.807) is 18.2 Å². The van der Waals surface area contributed by atoms with Crippen LogP contribution in [0, 0.1) is 0 Å². The Hall–Kier alpha value is -2.82. The molecule has 5 heteroatoms. The molecule has 0 aliphatic carbocycles. The average Bonchev–Trinajstić information content (AvgIpc) is 2.46. The van der Waals surface area contributed by atoms with Gasteiger partial charge in [-0.2, -0.15) is 4.98 Å². The first-order chi connectivity index (χ1) is 10.5. The van der Waals surface area contributed by atoms with Crippen LogP contribution in [-0.4, -0.2) is 21.2 Å². The van der Waals surface area contributed by atoms with E-state index in [1.807, 2.05) is 38.1 Å². The summed E-state index contributed by atoms with van der Waals surface area (Å²) < 4.78 is 5.74. The zero-order chi connectivity index (χ0) is 15.7. The second-order valence-corrected chi connectivity index (χ2v) is 5.34. The summed E-state index contributed by atoms with van der Waals surface area (Å²) in [6, 6.07) is 12.8. The molecule has 5 nitrogen and oxygen atoms in total. The molecule has 0 unspecified atom stereocenters. The van der Waals surface area contributed by atoms with Gasteiger partial charge >= 0.3 is 0 Å². The number of benzene rings is 2. The first-order valence-electron chi connectivity index (χ1n) is 7.06. The molecule has 0 spiro atoms. The lowest BCUT2D eigenvalue weighted by Crippen LogP contribution is -2.09. The number of ether oxygens (including phenoxy) is 1. The van der Waals surface area contributed by atoms with Gasteiger partial charge in [-0.05, 0) is 49.2 Å². The van der Waals surface area contributed by atoms with Gasteiger partial charge in [-0.15, -0.1) is 0 Å². The number of nitrogen functional groups attached to an aromatic ring is 1. The van der Waals surface area contributed by atoms with Crippen molar-refractivity contribution in [2.45, 2.75) is 20.0 Å². The van der Waals surface area contributed by atoms with Gasteiger partial charge in [-0.25, -0.2) is 4.98 Å². The van der Waals surface area contributed by atoms with Crippen LogP contribution in [0.25, 0.3) is 22.0 Å². The predicted molar refractivity (Wildman–Crippen MR) is 86.8 cm³/mol. The first kappa shape index (κ1) is 14.1. The standard InChI is InChI=1S/C17H17N3O2/c1-10(2)22-16-14-9-12(11-4-3-5-13(21)8-11)6-7-15(14)19-17(18)20-16/h3-10,21H,1-2H3,(H2,18,19,20). The van der Waals surface area contributed by atoms with Crippen LogP contribution in [0.2, 0.25) is 0 Å². The molecule has 3 N–H and O–H groups in total. The van der Waals surface area contributed by atoms with E-state index in [-0.39, 0.29) is 17.8 Å². The van der Waals surface area contributed by atoms with Crippen LogP contribution in [0.15, 0.2) is 42.5 Å². The Morgan fingerprint density at radius 2 is 1.82 bits per heavy atom. The van der Waals surface area contributed by atoms with Gasteiger partial charge in [0.05, 0.1) is 17.0 Å². The minimum absolute atomic E-state index is 0.0121. The van der Waals surface area contributed by atoms with Crippen molar-refractivity contribution >= 4 is 16.9 Å². The van der Waals surface area contributed by atoms with Crippen molar-refractivity contribution in [3.63, 3.8) is 0 Å². The Morgan fingerprint density at radius 1 is 1.05 bits per heavy atom. The highest BCUT2D eigenvalue weighted by Crippen LogP contribution is 2.30. The zero-order valence-electron chi connectivity index (χ0n) is 12.4. The zero-order valence-corrected chi connectivity index (χ0v) is 12.4. The summed E-state index contributed by atoms with van der Waals surface area (Å²) in [7, 11) is 0. The summed E-state index contributed by atoms with van der Waals surface area (Å²) >= 11 is 0. The van der Waals surface area contributed by atoms with Gasteiger partial charge in [0.25, 0.3) is 0 Å². The number of phenols is 1. The maximum Gasteiger partial charge on any atom is 0.226 e. The van der Waals surface area contributed by atoms with Crippen molar-refractivity contribution in [2.24, 2.45) is 0 Å². The van der Waals surface area contributed by atoms with Crippen LogP contribution in [0.3, 0.4) is 0 Å². The highest BCUT2D eigenvalue weighted by atomic mass is 16.5. The molecule has 3 aromatic rings. The van der Waals surface area contributed by atoms with Crippen LogP contribution < -0.4 is 10.5 Å². The second-order valence-electron chi connectivity index (χ2n) is 5.34. The Morgan fingerprint density at radius 3 is 2.55 bits per heavy atom. The second kappa shape index (κ2) is 5.52. The highest BCUT2D eigenvalue weighted by molar-refractivity contribution is 5.89.